The van der Waals surface area contributed by atoms with Gasteiger partial charge < -0.3 is 15.0 Å². The molecule has 0 aliphatic heterocycles. The summed E-state index contributed by atoms with van der Waals surface area (Å²) in [7, 11) is 0. The topological polar surface area (TPSA) is 58.6 Å². The molecule has 1 unspecified atom stereocenters. The molecular weight excluding hydrogens is 432 g/mol. The van der Waals surface area contributed by atoms with Crippen molar-refractivity contribution in [3.63, 3.8) is 0 Å². The highest BCUT2D eigenvalue weighted by atomic mass is 79.9. The van der Waals surface area contributed by atoms with Crippen molar-refractivity contribution in [1.29, 1.82) is 0 Å². The summed E-state index contributed by atoms with van der Waals surface area (Å²) in [5.41, 5.74) is 1.69. The van der Waals surface area contributed by atoms with Crippen LogP contribution in [0.25, 0.3) is 0 Å². The van der Waals surface area contributed by atoms with Gasteiger partial charge in [-0.2, -0.15) is 0 Å². The second kappa shape index (κ2) is 9.92. The van der Waals surface area contributed by atoms with Crippen molar-refractivity contribution in [3.05, 3.63) is 64.1 Å². The van der Waals surface area contributed by atoms with E-state index in [0.717, 1.165) is 15.6 Å². The van der Waals surface area contributed by atoms with Crippen LogP contribution in [0.2, 0.25) is 0 Å². The summed E-state index contributed by atoms with van der Waals surface area (Å²) in [5.74, 6) is 0.167. The van der Waals surface area contributed by atoms with Crippen LogP contribution in [0.4, 0.5) is 0 Å². The standard InChI is InChI=1S/C23H29BrN2O3/c1-16-8-6-7-9-18(16)14-26(17(2)22(28)25-23(3,4)5)21(27)15-29-20-12-10-19(24)11-13-20/h6-13,17H,14-15H2,1-5H3,(H,25,28). The number of amides is 2. The Balaban J connectivity index is 2.18. The highest BCUT2D eigenvalue weighted by Crippen LogP contribution is 2.18. The van der Waals surface area contributed by atoms with Gasteiger partial charge in [-0.15, -0.1) is 0 Å². The summed E-state index contributed by atoms with van der Waals surface area (Å²) in [6, 6.07) is 14.5. The van der Waals surface area contributed by atoms with Gasteiger partial charge in [0.2, 0.25) is 5.91 Å². The highest BCUT2D eigenvalue weighted by molar-refractivity contribution is 9.10. The van der Waals surface area contributed by atoms with Crippen LogP contribution in [-0.2, 0) is 16.1 Å². The summed E-state index contributed by atoms with van der Waals surface area (Å²) >= 11 is 3.38. The van der Waals surface area contributed by atoms with Crippen molar-refractivity contribution in [2.24, 2.45) is 0 Å². The van der Waals surface area contributed by atoms with Gasteiger partial charge in [0.05, 0.1) is 0 Å². The molecule has 5 nitrogen and oxygen atoms in total. The number of carbonyl (C=O) groups is 2. The van der Waals surface area contributed by atoms with Gasteiger partial charge in [0.25, 0.3) is 5.91 Å². The molecule has 0 radical (unpaired) electrons. The third-order valence-electron chi connectivity index (χ3n) is 4.44. The zero-order valence-electron chi connectivity index (χ0n) is 17.7. The molecular formula is C23H29BrN2O3. The van der Waals surface area contributed by atoms with E-state index in [1.807, 2.05) is 64.1 Å². The summed E-state index contributed by atoms with van der Waals surface area (Å²) in [4.78, 5) is 27.3. The van der Waals surface area contributed by atoms with Crippen LogP contribution < -0.4 is 10.1 Å². The number of nitrogens with zero attached hydrogens (tertiary/aromatic N) is 1. The van der Waals surface area contributed by atoms with E-state index in [1.54, 1.807) is 24.0 Å². The number of ether oxygens (including phenoxy) is 1. The Morgan fingerprint density at radius 1 is 1.10 bits per heavy atom. The van der Waals surface area contributed by atoms with Gasteiger partial charge in [0.15, 0.2) is 6.61 Å². The van der Waals surface area contributed by atoms with Crippen LogP contribution in [0.3, 0.4) is 0 Å². The molecule has 0 saturated carbocycles. The van der Waals surface area contributed by atoms with Gasteiger partial charge in [0.1, 0.15) is 11.8 Å². The molecule has 0 aliphatic carbocycles. The van der Waals surface area contributed by atoms with E-state index in [-0.39, 0.29) is 24.0 Å². The van der Waals surface area contributed by atoms with E-state index in [1.165, 1.54) is 0 Å². The van der Waals surface area contributed by atoms with Crippen molar-refractivity contribution in [3.8, 4) is 5.75 Å². The number of carbonyl (C=O) groups excluding carboxylic acids is 2. The highest BCUT2D eigenvalue weighted by Gasteiger charge is 2.28. The molecule has 1 atom stereocenters. The fraction of sp³-hybridized carbons (Fsp3) is 0.391. The molecule has 2 aromatic rings. The van der Waals surface area contributed by atoms with E-state index in [0.29, 0.717) is 12.3 Å². The summed E-state index contributed by atoms with van der Waals surface area (Å²) < 4.78 is 6.59. The lowest BCUT2D eigenvalue weighted by molar-refractivity contribution is -0.142. The number of hydrogen-bond acceptors (Lipinski definition) is 3. The Morgan fingerprint density at radius 2 is 1.72 bits per heavy atom. The molecule has 29 heavy (non-hydrogen) atoms. The lowest BCUT2D eigenvalue weighted by atomic mass is 10.1. The van der Waals surface area contributed by atoms with E-state index < -0.39 is 6.04 Å². The molecule has 0 saturated heterocycles. The first-order chi connectivity index (χ1) is 13.6. The van der Waals surface area contributed by atoms with Crippen LogP contribution in [0.15, 0.2) is 53.0 Å². The molecule has 156 valence electrons. The average Bonchev–Trinajstić information content (AvgIpc) is 2.65. The zero-order chi connectivity index (χ0) is 21.6. The lowest BCUT2D eigenvalue weighted by Gasteiger charge is -2.31. The maximum absolute atomic E-state index is 13.0. The molecule has 0 spiro atoms. The van der Waals surface area contributed by atoms with Gasteiger partial charge in [-0.05, 0) is 70.0 Å². The van der Waals surface area contributed by atoms with Crippen LogP contribution in [0.5, 0.6) is 5.75 Å². The minimum Gasteiger partial charge on any atom is -0.484 e. The summed E-state index contributed by atoms with van der Waals surface area (Å²) in [6.07, 6.45) is 0. The number of nitrogens with one attached hydrogen (secondary N) is 1. The van der Waals surface area contributed by atoms with E-state index in [9.17, 15) is 9.59 Å². The minimum atomic E-state index is -0.630. The Kier molecular flexibility index (Phi) is 7.85. The Morgan fingerprint density at radius 3 is 2.31 bits per heavy atom. The second-order valence-corrected chi connectivity index (χ2v) is 9.02. The molecule has 0 aliphatic rings. The monoisotopic (exact) mass is 460 g/mol. The van der Waals surface area contributed by atoms with Crippen molar-refractivity contribution in [1.82, 2.24) is 10.2 Å². The van der Waals surface area contributed by atoms with Crippen LogP contribution in [-0.4, -0.2) is 34.9 Å². The van der Waals surface area contributed by atoms with Crippen molar-refractivity contribution in [2.45, 2.75) is 52.7 Å². The van der Waals surface area contributed by atoms with Gasteiger partial charge in [-0.3, -0.25) is 9.59 Å². The van der Waals surface area contributed by atoms with Gasteiger partial charge in [-0.25, -0.2) is 0 Å². The van der Waals surface area contributed by atoms with E-state index in [2.05, 4.69) is 21.2 Å². The van der Waals surface area contributed by atoms with E-state index >= 15 is 0 Å². The predicted octanol–water partition coefficient (Wildman–Crippen LogP) is 4.47. The maximum Gasteiger partial charge on any atom is 0.261 e. The molecule has 2 amide bonds. The normalized spacial score (nSPS) is 12.2. The molecule has 1 N–H and O–H groups in total. The fourth-order valence-corrected chi connectivity index (χ4v) is 3.05. The third kappa shape index (κ3) is 7.20. The fourth-order valence-electron chi connectivity index (χ4n) is 2.79. The second-order valence-electron chi connectivity index (χ2n) is 8.11. The zero-order valence-corrected chi connectivity index (χ0v) is 19.2. The summed E-state index contributed by atoms with van der Waals surface area (Å²) in [6.45, 7) is 9.70. The van der Waals surface area contributed by atoms with Crippen LogP contribution in [0, 0.1) is 6.92 Å². The predicted molar refractivity (Wildman–Crippen MR) is 119 cm³/mol. The Hall–Kier alpha value is -2.34. The molecule has 2 aromatic carbocycles. The SMILES string of the molecule is Cc1ccccc1CN(C(=O)COc1ccc(Br)cc1)C(C)C(=O)NC(C)(C)C. The largest absolute Gasteiger partial charge is 0.484 e. The number of hydrogen-bond donors (Lipinski definition) is 1. The van der Waals surface area contributed by atoms with Gasteiger partial charge in [-0.1, -0.05) is 40.2 Å². The summed E-state index contributed by atoms with van der Waals surface area (Å²) in [5, 5.41) is 2.96. The first-order valence-corrected chi connectivity index (χ1v) is 10.4. The van der Waals surface area contributed by atoms with Crippen molar-refractivity contribution in [2.75, 3.05) is 6.61 Å². The number of rotatable bonds is 7. The number of halogens is 1. The molecule has 0 aromatic heterocycles. The average molecular weight is 461 g/mol. The number of aryl methyl sites for hydroxylation is 1. The maximum atomic E-state index is 13.0. The lowest BCUT2D eigenvalue weighted by Crippen LogP contribution is -2.53. The molecule has 0 fully saturated rings. The third-order valence-corrected chi connectivity index (χ3v) is 4.97. The molecule has 0 heterocycles. The molecule has 6 heteroatoms. The molecule has 0 bridgehead atoms. The van der Waals surface area contributed by atoms with Gasteiger partial charge in [0, 0.05) is 16.6 Å². The quantitative estimate of drug-likeness (QED) is 0.662. The minimum absolute atomic E-state index is 0.138. The van der Waals surface area contributed by atoms with Crippen molar-refractivity contribution < 1.29 is 14.3 Å². The smallest absolute Gasteiger partial charge is 0.261 e. The van der Waals surface area contributed by atoms with Crippen molar-refractivity contribution >= 4 is 27.7 Å². The number of benzene rings is 2. The van der Waals surface area contributed by atoms with Crippen LogP contribution >= 0.6 is 15.9 Å². The Labute approximate surface area is 181 Å². The van der Waals surface area contributed by atoms with Gasteiger partial charge >= 0.3 is 0 Å². The Bertz CT molecular complexity index is 844. The molecule has 2 rings (SSSR count). The first-order valence-electron chi connectivity index (χ1n) is 9.61. The van der Waals surface area contributed by atoms with Crippen LogP contribution in [0.1, 0.15) is 38.8 Å². The van der Waals surface area contributed by atoms with E-state index in [4.69, 9.17) is 4.74 Å². The first kappa shape index (κ1) is 22.9.